The SMILES string of the molecule is O=S(=O)(NCC1CCCC1O)c1cccc(Cl)c1F. The second-order valence-electron chi connectivity index (χ2n) is 4.66. The van der Waals surface area contributed by atoms with Crippen molar-refractivity contribution in [1.29, 1.82) is 0 Å². The van der Waals surface area contributed by atoms with Crippen molar-refractivity contribution in [2.75, 3.05) is 6.54 Å². The summed E-state index contributed by atoms with van der Waals surface area (Å²) in [5.74, 6) is -1.07. The Kier molecular flexibility index (Phi) is 4.45. The number of halogens is 2. The summed E-state index contributed by atoms with van der Waals surface area (Å²) in [6, 6.07) is 3.83. The molecule has 2 unspecified atom stereocenters. The van der Waals surface area contributed by atoms with Gasteiger partial charge in [0.2, 0.25) is 10.0 Å². The lowest BCUT2D eigenvalue weighted by molar-refractivity contribution is 0.134. The first-order chi connectivity index (χ1) is 8.92. The molecule has 1 fully saturated rings. The topological polar surface area (TPSA) is 66.4 Å². The molecule has 1 aromatic rings. The van der Waals surface area contributed by atoms with Crippen LogP contribution in [0.5, 0.6) is 0 Å². The highest BCUT2D eigenvalue weighted by Crippen LogP contribution is 2.26. The van der Waals surface area contributed by atoms with Gasteiger partial charge in [-0.3, -0.25) is 0 Å². The molecule has 2 rings (SSSR count). The Balaban J connectivity index is 2.12. The number of hydrogen-bond donors (Lipinski definition) is 2. The largest absolute Gasteiger partial charge is 0.393 e. The molecule has 7 heteroatoms. The van der Waals surface area contributed by atoms with Gasteiger partial charge in [0.1, 0.15) is 4.90 Å². The normalized spacial score (nSPS) is 23.7. The number of aliphatic hydroxyl groups excluding tert-OH is 1. The van der Waals surface area contributed by atoms with Gasteiger partial charge < -0.3 is 5.11 Å². The fourth-order valence-corrected chi connectivity index (χ4v) is 3.66. The van der Waals surface area contributed by atoms with Gasteiger partial charge in [0.05, 0.1) is 11.1 Å². The predicted octanol–water partition coefficient (Wildman–Crippen LogP) is 1.92. The van der Waals surface area contributed by atoms with Crippen LogP contribution >= 0.6 is 11.6 Å². The van der Waals surface area contributed by atoms with Gasteiger partial charge in [-0.1, -0.05) is 24.1 Å². The van der Waals surface area contributed by atoms with Gasteiger partial charge in [0.25, 0.3) is 0 Å². The summed E-state index contributed by atoms with van der Waals surface area (Å²) in [6.07, 6.45) is 1.82. The Bertz CT molecular complexity index is 564. The van der Waals surface area contributed by atoms with E-state index in [9.17, 15) is 17.9 Å². The zero-order valence-electron chi connectivity index (χ0n) is 10.1. The number of sulfonamides is 1. The molecule has 0 bridgehead atoms. The fourth-order valence-electron chi connectivity index (χ4n) is 2.24. The molecule has 0 spiro atoms. The molecule has 1 aliphatic carbocycles. The molecular weight excluding hydrogens is 293 g/mol. The molecule has 0 aliphatic heterocycles. The van der Waals surface area contributed by atoms with E-state index in [0.29, 0.717) is 6.42 Å². The average molecular weight is 308 g/mol. The van der Waals surface area contributed by atoms with Crippen LogP contribution < -0.4 is 4.72 Å². The first kappa shape index (κ1) is 14.7. The Morgan fingerprint density at radius 2 is 2.16 bits per heavy atom. The summed E-state index contributed by atoms with van der Waals surface area (Å²) in [6.45, 7) is 0.107. The van der Waals surface area contributed by atoms with E-state index < -0.39 is 26.8 Å². The monoisotopic (exact) mass is 307 g/mol. The molecule has 0 saturated heterocycles. The van der Waals surface area contributed by atoms with Crippen LogP contribution in [0.1, 0.15) is 19.3 Å². The van der Waals surface area contributed by atoms with Crippen molar-refractivity contribution in [3.8, 4) is 0 Å². The molecule has 106 valence electrons. The van der Waals surface area contributed by atoms with Gasteiger partial charge in [0, 0.05) is 6.54 Å². The van der Waals surface area contributed by atoms with Crippen molar-refractivity contribution in [3.63, 3.8) is 0 Å². The van der Waals surface area contributed by atoms with E-state index in [1.807, 2.05) is 0 Å². The lowest BCUT2D eigenvalue weighted by Gasteiger charge is -2.15. The fraction of sp³-hybridized carbons (Fsp3) is 0.500. The van der Waals surface area contributed by atoms with E-state index in [0.717, 1.165) is 18.9 Å². The summed E-state index contributed by atoms with van der Waals surface area (Å²) in [5.41, 5.74) is 0. The third-order valence-electron chi connectivity index (χ3n) is 3.36. The van der Waals surface area contributed by atoms with Crippen LogP contribution in [0.15, 0.2) is 23.1 Å². The minimum atomic E-state index is -3.94. The van der Waals surface area contributed by atoms with Crippen LogP contribution in [-0.4, -0.2) is 26.2 Å². The van der Waals surface area contributed by atoms with E-state index in [4.69, 9.17) is 11.6 Å². The van der Waals surface area contributed by atoms with Crippen LogP contribution in [0.3, 0.4) is 0 Å². The third kappa shape index (κ3) is 3.25. The second-order valence-corrected chi connectivity index (χ2v) is 6.80. The highest BCUT2D eigenvalue weighted by Gasteiger charge is 2.28. The van der Waals surface area contributed by atoms with Gasteiger partial charge in [0.15, 0.2) is 5.82 Å². The summed E-state index contributed by atoms with van der Waals surface area (Å²) in [4.78, 5) is -0.465. The zero-order chi connectivity index (χ0) is 14.0. The van der Waals surface area contributed by atoms with Crippen LogP contribution in [0.2, 0.25) is 5.02 Å². The van der Waals surface area contributed by atoms with E-state index in [1.54, 1.807) is 0 Å². The number of rotatable bonds is 4. The molecule has 1 aromatic carbocycles. The maximum atomic E-state index is 13.7. The van der Waals surface area contributed by atoms with Gasteiger partial charge in [-0.15, -0.1) is 0 Å². The smallest absolute Gasteiger partial charge is 0.243 e. The Morgan fingerprint density at radius 3 is 2.79 bits per heavy atom. The van der Waals surface area contributed by atoms with Gasteiger partial charge in [-0.25, -0.2) is 17.5 Å². The van der Waals surface area contributed by atoms with Crippen molar-refractivity contribution in [3.05, 3.63) is 29.0 Å². The third-order valence-corrected chi connectivity index (χ3v) is 5.09. The maximum Gasteiger partial charge on any atom is 0.243 e. The first-order valence-electron chi connectivity index (χ1n) is 6.03. The predicted molar refractivity (Wildman–Crippen MR) is 69.9 cm³/mol. The van der Waals surface area contributed by atoms with Gasteiger partial charge in [-0.05, 0) is 30.9 Å². The highest BCUT2D eigenvalue weighted by atomic mass is 35.5. The molecule has 1 saturated carbocycles. The van der Waals surface area contributed by atoms with Gasteiger partial charge in [-0.2, -0.15) is 0 Å². The van der Waals surface area contributed by atoms with E-state index in [-0.39, 0.29) is 17.5 Å². The Morgan fingerprint density at radius 1 is 1.42 bits per heavy atom. The zero-order valence-corrected chi connectivity index (χ0v) is 11.7. The van der Waals surface area contributed by atoms with Crippen LogP contribution in [0, 0.1) is 11.7 Å². The molecular formula is C12H15ClFNO3S. The van der Waals surface area contributed by atoms with Crippen molar-refractivity contribution in [2.24, 2.45) is 5.92 Å². The van der Waals surface area contributed by atoms with Crippen molar-refractivity contribution in [2.45, 2.75) is 30.3 Å². The second kappa shape index (κ2) is 5.75. The first-order valence-corrected chi connectivity index (χ1v) is 7.89. The van der Waals surface area contributed by atoms with Crippen LogP contribution in [0.4, 0.5) is 4.39 Å². The molecule has 1 aliphatic rings. The van der Waals surface area contributed by atoms with E-state index >= 15 is 0 Å². The summed E-state index contributed by atoms with van der Waals surface area (Å²) in [5, 5.41) is 9.39. The number of hydrogen-bond acceptors (Lipinski definition) is 3. The minimum absolute atomic E-state index is 0.107. The quantitative estimate of drug-likeness (QED) is 0.893. The van der Waals surface area contributed by atoms with Crippen LogP contribution in [-0.2, 0) is 10.0 Å². The molecule has 0 heterocycles. The summed E-state index contributed by atoms with van der Waals surface area (Å²) in [7, 11) is -3.94. The van der Waals surface area contributed by atoms with E-state index in [1.165, 1.54) is 12.1 Å². The Hall–Kier alpha value is -0.690. The van der Waals surface area contributed by atoms with Crippen molar-refractivity contribution in [1.82, 2.24) is 4.72 Å². The summed E-state index contributed by atoms with van der Waals surface area (Å²) < 4.78 is 40.0. The molecule has 0 amide bonds. The number of aliphatic hydroxyl groups is 1. The minimum Gasteiger partial charge on any atom is -0.393 e. The molecule has 2 atom stereocenters. The summed E-state index contributed by atoms with van der Waals surface area (Å²) >= 11 is 5.56. The molecule has 4 nitrogen and oxygen atoms in total. The van der Waals surface area contributed by atoms with Crippen molar-refractivity contribution >= 4 is 21.6 Å². The van der Waals surface area contributed by atoms with Crippen molar-refractivity contribution < 1.29 is 17.9 Å². The Labute approximate surface area is 116 Å². The van der Waals surface area contributed by atoms with Gasteiger partial charge >= 0.3 is 0 Å². The average Bonchev–Trinajstić information content (AvgIpc) is 2.76. The van der Waals surface area contributed by atoms with E-state index in [2.05, 4.69) is 4.72 Å². The molecule has 0 aromatic heterocycles. The molecule has 19 heavy (non-hydrogen) atoms. The lowest BCUT2D eigenvalue weighted by atomic mass is 10.1. The lowest BCUT2D eigenvalue weighted by Crippen LogP contribution is -2.32. The highest BCUT2D eigenvalue weighted by molar-refractivity contribution is 7.89. The molecule has 2 N–H and O–H groups in total. The standard InChI is InChI=1S/C12H15ClFNO3S/c13-9-4-2-6-11(12(9)14)19(17,18)15-7-8-3-1-5-10(8)16/h2,4,6,8,10,15-16H,1,3,5,7H2. The number of nitrogens with one attached hydrogen (secondary N) is 1. The maximum absolute atomic E-state index is 13.7. The number of benzene rings is 1. The van der Waals surface area contributed by atoms with Crippen LogP contribution in [0.25, 0.3) is 0 Å². The molecule has 0 radical (unpaired) electrons.